The van der Waals surface area contributed by atoms with Crippen LogP contribution in [0.5, 0.6) is 5.75 Å². The number of hydrogen-bond donors (Lipinski definition) is 0. The molecule has 8 nitrogen and oxygen atoms in total. The Morgan fingerprint density at radius 2 is 1.68 bits per heavy atom. The Morgan fingerprint density at radius 3 is 2.29 bits per heavy atom. The first kappa shape index (κ1) is 19.8. The molecule has 8 heteroatoms. The van der Waals surface area contributed by atoms with Crippen LogP contribution >= 0.6 is 0 Å². The van der Waals surface area contributed by atoms with E-state index < -0.39 is 42.3 Å². The highest BCUT2D eigenvalue weighted by Gasteiger charge is 2.51. The molecule has 2 aliphatic heterocycles. The molecule has 1 aromatic carbocycles. The Labute approximate surface area is 161 Å². The van der Waals surface area contributed by atoms with Gasteiger partial charge in [-0.05, 0) is 12.1 Å². The van der Waals surface area contributed by atoms with E-state index in [-0.39, 0.29) is 30.1 Å². The molecule has 0 N–H and O–H groups in total. The highest BCUT2D eigenvalue weighted by molar-refractivity contribution is 5.93. The molecule has 0 saturated carbocycles. The zero-order valence-electron chi connectivity index (χ0n) is 15.3. The number of para-hydroxylation sites is 1. The van der Waals surface area contributed by atoms with Crippen LogP contribution in [0, 0.1) is 0 Å². The van der Waals surface area contributed by atoms with Crippen LogP contribution in [0.4, 0.5) is 0 Å². The van der Waals surface area contributed by atoms with E-state index in [9.17, 15) is 14.4 Å². The number of hydrogen-bond acceptors (Lipinski definition) is 8. The SMILES string of the molecule is C=CC(=C)C(=O)O[C@@H]1CO[C@H]2[C@@H]1OC[C@@H]2OC(=O)c1ccccc1OC(C)=O. The predicted octanol–water partition coefficient (Wildman–Crippen LogP) is 1.59. The lowest BCUT2D eigenvalue weighted by molar-refractivity contribution is -0.148. The van der Waals surface area contributed by atoms with E-state index in [4.69, 9.17) is 23.7 Å². The molecule has 0 aliphatic carbocycles. The molecule has 0 radical (unpaired) electrons. The normalized spacial score (nSPS) is 25.5. The summed E-state index contributed by atoms with van der Waals surface area (Å²) in [5, 5.41) is 0. The first-order valence-electron chi connectivity index (χ1n) is 8.64. The summed E-state index contributed by atoms with van der Waals surface area (Å²) in [4.78, 5) is 35.6. The van der Waals surface area contributed by atoms with Crippen LogP contribution in [0.15, 0.2) is 49.1 Å². The summed E-state index contributed by atoms with van der Waals surface area (Å²) in [6.07, 6.45) is -1.14. The van der Waals surface area contributed by atoms with Gasteiger partial charge >= 0.3 is 17.9 Å². The highest BCUT2D eigenvalue weighted by atomic mass is 16.7. The zero-order valence-corrected chi connectivity index (χ0v) is 15.3. The molecule has 0 bridgehead atoms. The Balaban J connectivity index is 1.64. The van der Waals surface area contributed by atoms with Gasteiger partial charge in [0.2, 0.25) is 0 Å². The molecule has 0 spiro atoms. The number of rotatable bonds is 6. The molecule has 2 aliphatic rings. The van der Waals surface area contributed by atoms with Crippen molar-refractivity contribution in [2.75, 3.05) is 13.2 Å². The van der Waals surface area contributed by atoms with Crippen LogP contribution in [-0.2, 0) is 28.5 Å². The van der Waals surface area contributed by atoms with E-state index in [0.29, 0.717) is 0 Å². The quantitative estimate of drug-likeness (QED) is 0.314. The maximum Gasteiger partial charge on any atom is 0.342 e. The van der Waals surface area contributed by atoms with Crippen molar-refractivity contribution >= 4 is 17.9 Å². The van der Waals surface area contributed by atoms with E-state index >= 15 is 0 Å². The van der Waals surface area contributed by atoms with Crippen molar-refractivity contribution in [3.63, 3.8) is 0 Å². The summed E-state index contributed by atoms with van der Waals surface area (Å²) in [6.45, 7) is 8.45. The summed E-state index contributed by atoms with van der Waals surface area (Å²) in [7, 11) is 0. The van der Waals surface area contributed by atoms with Crippen LogP contribution < -0.4 is 4.74 Å². The summed E-state index contributed by atoms with van der Waals surface area (Å²) in [5.41, 5.74) is 0.246. The van der Waals surface area contributed by atoms with E-state index in [0.717, 1.165) is 0 Å². The minimum absolute atomic E-state index is 0.0905. The van der Waals surface area contributed by atoms with Gasteiger partial charge in [0, 0.05) is 6.92 Å². The number of carbonyl (C=O) groups is 3. The molecule has 2 heterocycles. The van der Waals surface area contributed by atoms with Crippen molar-refractivity contribution in [3.8, 4) is 5.75 Å². The molecule has 0 unspecified atom stereocenters. The molecule has 0 amide bonds. The van der Waals surface area contributed by atoms with Gasteiger partial charge in [0.1, 0.15) is 23.5 Å². The first-order valence-corrected chi connectivity index (χ1v) is 8.64. The van der Waals surface area contributed by atoms with Crippen LogP contribution in [0.25, 0.3) is 0 Å². The van der Waals surface area contributed by atoms with Gasteiger partial charge in [-0.2, -0.15) is 0 Å². The summed E-state index contributed by atoms with van der Waals surface area (Å²) >= 11 is 0. The van der Waals surface area contributed by atoms with Crippen LogP contribution in [0.3, 0.4) is 0 Å². The third-order valence-corrected chi connectivity index (χ3v) is 4.35. The molecular formula is C20H20O8. The third kappa shape index (κ3) is 4.13. The average Bonchev–Trinajstić information content (AvgIpc) is 3.24. The summed E-state index contributed by atoms with van der Waals surface area (Å²) in [5.74, 6) is -1.72. The standard InChI is InChI=1S/C20H20O8/c1-4-11(2)19(22)27-15-9-24-18-16(10-25-17(15)18)28-20(23)13-7-5-6-8-14(13)26-12(3)21/h4-8,15-18H,1-2,9-10H2,3H3/t15-,16+,17-,18-/m1/s1. The second-order valence-electron chi connectivity index (χ2n) is 6.30. The van der Waals surface area contributed by atoms with Crippen molar-refractivity contribution < 1.29 is 38.1 Å². The fourth-order valence-corrected chi connectivity index (χ4v) is 3.01. The van der Waals surface area contributed by atoms with Crippen LogP contribution in [0.2, 0.25) is 0 Å². The van der Waals surface area contributed by atoms with Gasteiger partial charge in [0.25, 0.3) is 0 Å². The fourth-order valence-electron chi connectivity index (χ4n) is 3.01. The molecule has 0 aromatic heterocycles. The molecule has 2 saturated heterocycles. The first-order chi connectivity index (χ1) is 13.4. The minimum Gasteiger partial charge on any atom is -0.453 e. The number of ether oxygens (including phenoxy) is 5. The maximum atomic E-state index is 12.5. The van der Waals surface area contributed by atoms with E-state index in [1.807, 2.05) is 0 Å². The molecule has 28 heavy (non-hydrogen) atoms. The number of fused-ring (bicyclic) bond motifs is 1. The maximum absolute atomic E-state index is 12.5. The van der Waals surface area contributed by atoms with E-state index in [2.05, 4.69) is 13.2 Å². The second kappa shape index (κ2) is 8.37. The van der Waals surface area contributed by atoms with Crippen LogP contribution in [0.1, 0.15) is 17.3 Å². The van der Waals surface area contributed by atoms with E-state index in [1.165, 1.54) is 25.1 Å². The highest BCUT2D eigenvalue weighted by Crippen LogP contribution is 2.32. The van der Waals surface area contributed by atoms with Gasteiger partial charge < -0.3 is 23.7 Å². The van der Waals surface area contributed by atoms with E-state index in [1.54, 1.807) is 12.1 Å². The third-order valence-electron chi connectivity index (χ3n) is 4.35. The van der Waals surface area contributed by atoms with Crippen LogP contribution in [-0.4, -0.2) is 55.5 Å². The molecular weight excluding hydrogens is 368 g/mol. The Hall–Kier alpha value is -2.97. The smallest absolute Gasteiger partial charge is 0.342 e. The molecule has 148 valence electrons. The predicted molar refractivity (Wildman–Crippen MR) is 95.7 cm³/mol. The van der Waals surface area contributed by atoms with Crippen molar-refractivity contribution in [2.45, 2.75) is 31.3 Å². The van der Waals surface area contributed by atoms with Crippen molar-refractivity contribution in [2.24, 2.45) is 0 Å². The Bertz CT molecular complexity index is 814. The largest absolute Gasteiger partial charge is 0.453 e. The number of carbonyl (C=O) groups excluding carboxylic acids is 3. The van der Waals surface area contributed by atoms with Gasteiger partial charge in [0.15, 0.2) is 12.2 Å². The lowest BCUT2D eigenvalue weighted by atomic mass is 10.1. The van der Waals surface area contributed by atoms with Gasteiger partial charge in [-0.15, -0.1) is 0 Å². The topological polar surface area (TPSA) is 97.4 Å². The van der Waals surface area contributed by atoms with Gasteiger partial charge in [-0.25, -0.2) is 9.59 Å². The lowest BCUT2D eigenvalue weighted by Gasteiger charge is -2.18. The average molecular weight is 388 g/mol. The summed E-state index contributed by atoms with van der Waals surface area (Å²) in [6, 6.07) is 6.26. The van der Waals surface area contributed by atoms with Gasteiger partial charge in [-0.1, -0.05) is 31.4 Å². The van der Waals surface area contributed by atoms with Crippen molar-refractivity contribution in [1.82, 2.24) is 0 Å². The fraction of sp³-hybridized carbons (Fsp3) is 0.350. The minimum atomic E-state index is -0.686. The van der Waals surface area contributed by atoms with Gasteiger partial charge in [-0.3, -0.25) is 4.79 Å². The second-order valence-corrected chi connectivity index (χ2v) is 6.30. The molecule has 4 atom stereocenters. The monoisotopic (exact) mass is 388 g/mol. The van der Waals surface area contributed by atoms with Gasteiger partial charge in [0.05, 0.1) is 18.8 Å². The number of benzene rings is 1. The number of esters is 3. The van der Waals surface area contributed by atoms with Crippen molar-refractivity contribution in [3.05, 3.63) is 54.6 Å². The van der Waals surface area contributed by atoms with Crippen molar-refractivity contribution in [1.29, 1.82) is 0 Å². The lowest BCUT2D eigenvalue weighted by Crippen LogP contribution is -2.36. The molecule has 2 fully saturated rings. The Morgan fingerprint density at radius 1 is 1.07 bits per heavy atom. The Kier molecular flexibility index (Phi) is 5.91. The summed E-state index contributed by atoms with van der Waals surface area (Å²) < 4.78 is 27.1. The molecule has 1 aromatic rings. The molecule has 3 rings (SSSR count). The zero-order chi connectivity index (χ0) is 20.3.